The van der Waals surface area contributed by atoms with Crippen molar-refractivity contribution in [1.29, 1.82) is 0 Å². The van der Waals surface area contributed by atoms with E-state index in [0.717, 1.165) is 12.0 Å². The summed E-state index contributed by atoms with van der Waals surface area (Å²) in [5.41, 5.74) is -1.17. The number of amides is 2. The van der Waals surface area contributed by atoms with Crippen molar-refractivity contribution < 1.29 is 14.0 Å². The number of rotatable bonds is 6. The van der Waals surface area contributed by atoms with Gasteiger partial charge in [0.1, 0.15) is 0 Å². The molecule has 26 heavy (non-hydrogen) atoms. The van der Waals surface area contributed by atoms with Gasteiger partial charge in [0.05, 0.1) is 6.54 Å². The van der Waals surface area contributed by atoms with Gasteiger partial charge in [0.15, 0.2) is 0 Å². The average molecular weight is 361 g/mol. The fourth-order valence-corrected chi connectivity index (χ4v) is 4.04. The Labute approximate surface area is 154 Å². The summed E-state index contributed by atoms with van der Waals surface area (Å²) in [5, 5.41) is 2.65. The van der Waals surface area contributed by atoms with Crippen LogP contribution in [0.3, 0.4) is 0 Å². The highest BCUT2D eigenvalue weighted by atomic mass is 19.1. The van der Waals surface area contributed by atoms with Gasteiger partial charge in [-0.25, -0.2) is 4.39 Å². The first-order chi connectivity index (χ1) is 12.6. The minimum Gasteiger partial charge on any atom is -0.349 e. The zero-order valence-electron chi connectivity index (χ0n) is 15.3. The molecule has 2 heterocycles. The monoisotopic (exact) mass is 361 g/mol. The van der Waals surface area contributed by atoms with Crippen LogP contribution in [0.5, 0.6) is 0 Å². The Bertz CT molecular complexity index is 619. The minimum atomic E-state index is -2.00. The van der Waals surface area contributed by atoms with Crippen molar-refractivity contribution in [3.8, 4) is 0 Å². The van der Waals surface area contributed by atoms with Crippen LogP contribution in [0.15, 0.2) is 24.5 Å². The molecule has 0 bridgehead atoms. The van der Waals surface area contributed by atoms with Gasteiger partial charge in [-0.15, -0.1) is 0 Å². The molecule has 5 nitrogen and oxygen atoms in total. The quantitative estimate of drug-likeness (QED) is 0.847. The van der Waals surface area contributed by atoms with E-state index < -0.39 is 11.6 Å². The molecular formula is C20H28FN3O2. The fraction of sp³-hybridized carbons (Fsp3) is 0.650. The van der Waals surface area contributed by atoms with Crippen molar-refractivity contribution >= 4 is 11.8 Å². The smallest absolute Gasteiger partial charge is 0.259 e. The van der Waals surface area contributed by atoms with Crippen molar-refractivity contribution in [3.05, 3.63) is 30.1 Å². The summed E-state index contributed by atoms with van der Waals surface area (Å²) in [6.07, 6.45) is 10.3. The van der Waals surface area contributed by atoms with Crippen molar-refractivity contribution in [2.24, 2.45) is 5.92 Å². The zero-order chi connectivity index (χ0) is 18.4. The molecule has 1 aliphatic carbocycles. The van der Waals surface area contributed by atoms with E-state index in [0.29, 0.717) is 25.3 Å². The summed E-state index contributed by atoms with van der Waals surface area (Å²) in [6.45, 7) is 0.661. The Morgan fingerprint density at radius 2 is 2.12 bits per heavy atom. The normalized spacial score (nSPS) is 23.8. The van der Waals surface area contributed by atoms with E-state index in [-0.39, 0.29) is 25.4 Å². The summed E-state index contributed by atoms with van der Waals surface area (Å²) < 4.78 is 15.2. The van der Waals surface area contributed by atoms with Crippen LogP contribution in [0.25, 0.3) is 0 Å². The predicted molar refractivity (Wildman–Crippen MR) is 96.9 cm³/mol. The number of hydrogen-bond acceptors (Lipinski definition) is 3. The zero-order valence-corrected chi connectivity index (χ0v) is 15.3. The van der Waals surface area contributed by atoms with Gasteiger partial charge in [-0.2, -0.15) is 0 Å². The number of carbonyl (C=O) groups is 2. The number of pyridine rings is 1. The van der Waals surface area contributed by atoms with E-state index in [9.17, 15) is 9.59 Å². The van der Waals surface area contributed by atoms with Crippen LogP contribution in [0.2, 0.25) is 0 Å². The second kappa shape index (κ2) is 8.60. The molecule has 0 aromatic carbocycles. The Balaban J connectivity index is 1.50. The molecule has 1 N–H and O–H groups in total. The van der Waals surface area contributed by atoms with E-state index in [4.69, 9.17) is 0 Å². The maximum atomic E-state index is 15.2. The summed E-state index contributed by atoms with van der Waals surface area (Å²) in [6, 6.07) is 3.61. The fourth-order valence-electron chi connectivity index (χ4n) is 4.04. The highest BCUT2D eigenvalue weighted by molar-refractivity contribution is 5.86. The number of hydrogen-bond donors (Lipinski definition) is 1. The van der Waals surface area contributed by atoms with Crippen molar-refractivity contribution in [3.63, 3.8) is 0 Å². The molecule has 1 saturated heterocycles. The molecule has 1 aliphatic heterocycles. The highest BCUT2D eigenvalue weighted by Gasteiger charge is 2.43. The second-order valence-electron chi connectivity index (χ2n) is 7.62. The topological polar surface area (TPSA) is 62.3 Å². The van der Waals surface area contributed by atoms with E-state index >= 15 is 4.39 Å². The summed E-state index contributed by atoms with van der Waals surface area (Å²) in [5.74, 6) is -0.00464. The number of halogens is 1. The van der Waals surface area contributed by atoms with Gasteiger partial charge in [0, 0.05) is 31.9 Å². The third-order valence-corrected chi connectivity index (χ3v) is 5.62. The molecule has 1 atom stereocenters. The Hall–Kier alpha value is -1.98. The van der Waals surface area contributed by atoms with Crippen LogP contribution in [-0.2, 0) is 16.1 Å². The Morgan fingerprint density at radius 3 is 2.85 bits per heavy atom. The molecule has 1 aromatic rings. The van der Waals surface area contributed by atoms with Crippen LogP contribution in [-0.4, -0.2) is 40.5 Å². The molecule has 2 aliphatic rings. The van der Waals surface area contributed by atoms with Gasteiger partial charge in [-0.05, 0) is 36.8 Å². The molecule has 2 amide bonds. The number of carbonyl (C=O) groups excluding carboxylic acids is 2. The maximum absolute atomic E-state index is 15.2. The van der Waals surface area contributed by atoms with Gasteiger partial charge in [0.25, 0.3) is 5.91 Å². The second-order valence-corrected chi connectivity index (χ2v) is 7.62. The van der Waals surface area contributed by atoms with E-state index in [1.807, 2.05) is 6.07 Å². The first-order valence-electron chi connectivity index (χ1n) is 9.71. The molecule has 3 rings (SSSR count). The molecule has 1 aromatic heterocycles. The lowest BCUT2D eigenvalue weighted by molar-refractivity contribution is -0.143. The number of alkyl halides is 1. The molecule has 2 fully saturated rings. The van der Waals surface area contributed by atoms with Gasteiger partial charge in [-0.3, -0.25) is 14.6 Å². The highest BCUT2D eigenvalue weighted by Crippen LogP contribution is 2.30. The molecule has 0 spiro atoms. The van der Waals surface area contributed by atoms with Crippen molar-refractivity contribution in [2.45, 2.75) is 63.6 Å². The first-order valence-corrected chi connectivity index (χ1v) is 9.71. The summed E-state index contributed by atoms with van der Waals surface area (Å²) in [7, 11) is 0. The largest absolute Gasteiger partial charge is 0.349 e. The molecular weight excluding hydrogens is 333 g/mol. The lowest BCUT2D eigenvalue weighted by atomic mass is 9.92. The third-order valence-electron chi connectivity index (χ3n) is 5.62. The number of aromatic nitrogens is 1. The van der Waals surface area contributed by atoms with Crippen LogP contribution < -0.4 is 5.32 Å². The average Bonchev–Trinajstić information content (AvgIpc) is 3.18. The molecule has 142 valence electrons. The van der Waals surface area contributed by atoms with Gasteiger partial charge in [0.2, 0.25) is 11.6 Å². The SMILES string of the molecule is O=C(CCC1CCCC1)N1CCCC(F)(C(=O)NCc2cccnc2)C1. The number of nitrogens with one attached hydrogen (secondary N) is 1. The van der Waals surface area contributed by atoms with Crippen molar-refractivity contribution in [1.82, 2.24) is 15.2 Å². The van der Waals surface area contributed by atoms with E-state index in [2.05, 4.69) is 10.3 Å². The standard InChI is InChI=1S/C20H28FN3O2/c21-20(19(26)23-14-17-7-3-11-22-13-17)10-4-12-24(15-20)18(25)9-8-16-5-1-2-6-16/h3,7,11,13,16H,1-2,4-6,8-10,12,14-15H2,(H,23,26). The van der Waals surface area contributed by atoms with Crippen LogP contribution in [0, 0.1) is 5.92 Å². The Kier molecular flexibility index (Phi) is 6.22. The van der Waals surface area contributed by atoms with Crippen LogP contribution in [0.4, 0.5) is 4.39 Å². The van der Waals surface area contributed by atoms with Gasteiger partial charge in [-0.1, -0.05) is 31.7 Å². The van der Waals surface area contributed by atoms with E-state index in [1.165, 1.54) is 25.7 Å². The summed E-state index contributed by atoms with van der Waals surface area (Å²) in [4.78, 5) is 30.4. The van der Waals surface area contributed by atoms with E-state index in [1.54, 1.807) is 23.4 Å². The van der Waals surface area contributed by atoms with Crippen molar-refractivity contribution in [2.75, 3.05) is 13.1 Å². The minimum absolute atomic E-state index is 0.0151. The molecule has 6 heteroatoms. The molecule has 0 radical (unpaired) electrons. The van der Waals surface area contributed by atoms with Crippen LogP contribution in [0.1, 0.15) is 56.9 Å². The third kappa shape index (κ3) is 4.80. The summed E-state index contributed by atoms with van der Waals surface area (Å²) >= 11 is 0. The first kappa shape index (κ1) is 18.8. The number of piperidine rings is 1. The number of nitrogens with zero attached hydrogens (tertiary/aromatic N) is 2. The lowest BCUT2D eigenvalue weighted by Gasteiger charge is -2.36. The lowest BCUT2D eigenvalue weighted by Crippen LogP contribution is -2.55. The van der Waals surface area contributed by atoms with Gasteiger partial charge < -0.3 is 10.2 Å². The van der Waals surface area contributed by atoms with Crippen LogP contribution >= 0.6 is 0 Å². The number of likely N-dealkylation sites (tertiary alicyclic amines) is 1. The maximum Gasteiger partial charge on any atom is 0.259 e. The molecule has 1 unspecified atom stereocenters. The Morgan fingerprint density at radius 1 is 1.31 bits per heavy atom. The van der Waals surface area contributed by atoms with Gasteiger partial charge >= 0.3 is 0 Å². The predicted octanol–water partition coefficient (Wildman–Crippen LogP) is 3.00. The molecule has 1 saturated carbocycles.